The Balaban J connectivity index is 1.81. The molecule has 0 fully saturated rings. The molecule has 1 atom stereocenters. The number of methoxy groups -OCH3 is 1. The van der Waals surface area contributed by atoms with E-state index >= 15 is 0 Å². The van der Waals surface area contributed by atoms with Crippen LogP contribution < -0.4 is 10.6 Å². The highest BCUT2D eigenvalue weighted by Gasteiger charge is 2.27. The second-order valence-electron chi connectivity index (χ2n) is 6.75. The lowest BCUT2D eigenvalue weighted by Crippen LogP contribution is -2.46. The molecule has 2 aromatic rings. The van der Waals surface area contributed by atoms with Gasteiger partial charge in [-0.3, -0.25) is 9.59 Å². The average molecular weight is 416 g/mol. The second-order valence-corrected chi connectivity index (χ2v) is 6.75. The topological polar surface area (TPSA) is 124 Å². The zero-order valence-electron chi connectivity index (χ0n) is 17.0. The van der Waals surface area contributed by atoms with Crippen molar-refractivity contribution in [1.82, 2.24) is 10.6 Å². The molecule has 0 spiro atoms. The molecule has 1 aromatic heterocycles. The van der Waals surface area contributed by atoms with Gasteiger partial charge in [0.05, 0.1) is 18.9 Å². The number of carbonyl (C=O) groups excluding carboxylic acids is 4. The van der Waals surface area contributed by atoms with Gasteiger partial charge in [-0.15, -0.1) is 0 Å². The first-order valence-electron chi connectivity index (χ1n) is 9.26. The Bertz CT molecular complexity index is 873. The van der Waals surface area contributed by atoms with E-state index in [4.69, 9.17) is 9.15 Å². The fraction of sp³-hybridized carbons (Fsp3) is 0.333. The van der Waals surface area contributed by atoms with Crippen molar-refractivity contribution in [3.63, 3.8) is 0 Å². The summed E-state index contributed by atoms with van der Waals surface area (Å²) >= 11 is 0. The lowest BCUT2D eigenvalue weighted by Gasteiger charge is -2.20. The van der Waals surface area contributed by atoms with Crippen LogP contribution in [0.15, 0.2) is 47.1 Å². The molecule has 0 unspecified atom stereocenters. The predicted octanol–water partition coefficient (Wildman–Crippen LogP) is 1.68. The highest BCUT2D eigenvalue weighted by molar-refractivity contribution is 5.94. The first kappa shape index (κ1) is 22.7. The Labute approximate surface area is 173 Å². The number of carbonyl (C=O) groups is 4. The van der Waals surface area contributed by atoms with Crippen LogP contribution in [-0.4, -0.2) is 43.5 Å². The molecule has 0 saturated carbocycles. The van der Waals surface area contributed by atoms with E-state index in [1.165, 1.54) is 19.4 Å². The number of hydrogen-bond acceptors (Lipinski definition) is 7. The van der Waals surface area contributed by atoms with Crippen LogP contribution >= 0.6 is 0 Å². The number of benzene rings is 1. The monoisotopic (exact) mass is 416 g/mol. The zero-order valence-corrected chi connectivity index (χ0v) is 17.0. The molecule has 0 saturated heterocycles. The van der Waals surface area contributed by atoms with E-state index in [0.29, 0.717) is 5.56 Å². The SMILES string of the molecule is COC(=O)c1ccc(CNC(=O)COC(=O)[C@@H](NC(=O)c2ccco2)C(C)C)cc1. The van der Waals surface area contributed by atoms with Gasteiger partial charge < -0.3 is 24.5 Å². The van der Waals surface area contributed by atoms with Crippen LogP contribution in [0.25, 0.3) is 0 Å². The molecule has 2 rings (SSSR count). The molecule has 1 heterocycles. The molecule has 2 amide bonds. The molecular formula is C21H24N2O7. The van der Waals surface area contributed by atoms with Crippen molar-refractivity contribution in [2.45, 2.75) is 26.4 Å². The fourth-order valence-electron chi connectivity index (χ4n) is 2.47. The number of nitrogens with one attached hydrogen (secondary N) is 2. The summed E-state index contributed by atoms with van der Waals surface area (Å²) in [6.45, 7) is 3.19. The Morgan fingerprint density at radius 1 is 1.07 bits per heavy atom. The first-order valence-corrected chi connectivity index (χ1v) is 9.26. The number of amides is 2. The van der Waals surface area contributed by atoms with Crippen LogP contribution in [0.4, 0.5) is 0 Å². The van der Waals surface area contributed by atoms with Gasteiger partial charge >= 0.3 is 11.9 Å². The molecular weight excluding hydrogens is 392 g/mol. The molecule has 1 aromatic carbocycles. The quantitative estimate of drug-likeness (QED) is 0.596. The van der Waals surface area contributed by atoms with Crippen molar-refractivity contribution in [1.29, 1.82) is 0 Å². The predicted molar refractivity (Wildman–Crippen MR) is 105 cm³/mol. The summed E-state index contributed by atoms with van der Waals surface area (Å²) in [5.74, 6) is -2.40. The third-order valence-electron chi connectivity index (χ3n) is 4.16. The Morgan fingerprint density at radius 2 is 1.77 bits per heavy atom. The molecule has 160 valence electrons. The van der Waals surface area contributed by atoms with Crippen molar-refractivity contribution in [3.8, 4) is 0 Å². The fourth-order valence-corrected chi connectivity index (χ4v) is 2.47. The number of rotatable bonds is 9. The van der Waals surface area contributed by atoms with Gasteiger partial charge in [0.1, 0.15) is 6.04 Å². The standard InChI is InChI=1S/C21H24N2O7/c1-13(2)18(23-19(25)16-5-4-10-29-16)21(27)30-12-17(24)22-11-14-6-8-15(9-7-14)20(26)28-3/h4-10,13,18H,11-12H2,1-3H3,(H,22,24)(H,23,25)/t18-/m0/s1. The molecule has 0 bridgehead atoms. The zero-order chi connectivity index (χ0) is 22.1. The maximum atomic E-state index is 12.3. The number of furan rings is 1. The van der Waals surface area contributed by atoms with Gasteiger partial charge in [-0.1, -0.05) is 26.0 Å². The van der Waals surface area contributed by atoms with E-state index in [1.54, 1.807) is 44.2 Å². The van der Waals surface area contributed by atoms with E-state index in [2.05, 4.69) is 15.4 Å². The summed E-state index contributed by atoms with van der Waals surface area (Å²) in [7, 11) is 1.30. The average Bonchev–Trinajstić information content (AvgIpc) is 3.28. The van der Waals surface area contributed by atoms with Gasteiger partial charge in [0.15, 0.2) is 12.4 Å². The molecule has 9 heteroatoms. The largest absolute Gasteiger partial charge is 0.465 e. The molecule has 0 aliphatic rings. The van der Waals surface area contributed by atoms with Crippen LogP contribution in [0.3, 0.4) is 0 Å². The highest BCUT2D eigenvalue weighted by atomic mass is 16.5. The number of hydrogen-bond donors (Lipinski definition) is 2. The third kappa shape index (κ3) is 6.47. The smallest absolute Gasteiger partial charge is 0.337 e. The van der Waals surface area contributed by atoms with Crippen LogP contribution in [-0.2, 0) is 25.6 Å². The second kappa shape index (κ2) is 10.8. The lowest BCUT2D eigenvalue weighted by atomic mass is 10.0. The summed E-state index contributed by atoms with van der Waals surface area (Å²) in [6.07, 6.45) is 1.35. The molecule has 0 radical (unpaired) electrons. The normalized spacial score (nSPS) is 11.5. The van der Waals surface area contributed by atoms with Crippen LogP contribution in [0.1, 0.15) is 40.3 Å². The number of esters is 2. The third-order valence-corrected chi connectivity index (χ3v) is 4.16. The Morgan fingerprint density at radius 3 is 2.33 bits per heavy atom. The van der Waals surface area contributed by atoms with Crippen molar-refractivity contribution >= 4 is 23.8 Å². The van der Waals surface area contributed by atoms with Crippen molar-refractivity contribution in [2.75, 3.05) is 13.7 Å². The van der Waals surface area contributed by atoms with Gasteiger partial charge in [-0.2, -0.15) is 0 Å². The van der Waals surface area contributed by atoms with E-state index in [-0.39, 0.29) is 18.2 Å². The van der Waals surface area contributed by atoms with Crippen molar-refractivity contribution in [3.05, 3.63) is 59.5 Å². The van der Waals surface area contributed by atoms with Gasteiger partial charge in [0.2, 0.25) is 0 Å². The van der Waals surface area contributed by atoms with Crippen LogP contribution in [0, 0.1) is 5.92 Å². The van der Waals surface area contributed by atoms with E-state index in [1.807, 2.05) is 0 Å². The first-order chi connectivity index (χ1) is 14.3. The Kier molecular flexibility index (Phi) is 8.16. The molecule has 0 aliphatic heterocycles. The van der Waals surface area contributed by atoms with Gasteiger partial charge in [-0.25, -0.2) is 9.59 Å². The highest BCUT2D eigenvalue weighted by Crippen LogP contribution is 2.08. The van der Waals surface area contributed by atoms with Gasteiger partial charge in [-0.05, 0) is 35.7 Å². The molecule has 30 heavy (non-hydrogen) atoms. The summed E-state index contributed by atoms with van der Waals surface area (Å²) in [5.41, 5.74) is 1.16. The molecule has 9 nitrogen and oxygen atoms in total. The van der Waals surface area contributed by atoms with E-state index in [0.717, 1.165) is 5.56 Å². The minimum Gasteiger partial charge on any atom is -0.465 e. The summed E-state index contributed by atoms with van der Waals surface area (Å²) in [4.78, 5) is 47.8. The lowest BCUT2D eigenvalue weighted by molar-refractivity contribution is -0.151. The van der Waals surface area contributed by atoms with E-state index in [9.17, 15) is 19.2 Å². The maximum absolute atomic E-state index is 12.3. The van der Waals surface area contributed by atoms with Crippen LogP contribution in [0.2, 0.25) is 0 Å². The van der Waals surface area contributed by atoms with Gasteiger partial charge in [0, 0.05) is 6.54 Å². The summed E-state index contributed by atoms with van der Waals surface area (Å²) < 4.78 is 14.7. The summed E-state index contributed by atoms with van der Waals surface area (Å²) in [5, 5.41) is 5.16. The molecule has 0 aliphatic carbocycles. The Hall–Kier alpha value is -3.62. The van der Waals surface area contributed by atoms with Crippen molar-refractivity contribution < 1.29 is 33.1 Å². The maximum Gasteiger partial charge on any atom is 0.337 e. The van der Waals surface area contributed by atoms with Gasteiger partial charge in [0.25, 0.3) is 11.8 Å². The van der Waals surface area contributed by atoms with Crippen LogP contribution in [0.5, 0.6) is 0 Å². The number of ether oxygens (including phenoxy) is 2. The van der Waals surface area contributed by atoms with E-state index < -0.39 is 36.4 Å². The van der Waals surface area contributed by atoms with Crippen molar-refractivity contribution in [2.24, 2.45) is 5.92 Å². The minimum atomic E-state index is -0.929. The minimum absolute atomic E-state index is 0.0735. The molecule has 2 N–H and O–H groups in total. The summed E-state index contributed by atoms with van der Waals surface area (Å²) in [6, 6.07) is 8.63.